The number of hydrogen-bond donors (Lipinski definition) is 1. The summed E-state index contributed by atoms with van der Waals surface area (Å²) in [5.41, 5.74) is 2.41. The van der Waals surface area contributed by atoms with Crippen LogP contribution in [0, 0.1) is 0 Å². The van der Waals surface area contributed by atoms with E-state index in [1.165, 1.54) is 4.90 Å². The second kappa shape index (κ2) is 4.42. The van der Waals surface area contributed by atoms with Gasteiger partial charge in [0, 0.05) is 22.2 Å². The SMILES string of the molecule is CCOC(=O)N1CC(=O)c2c([nH]c3ccccc23)C1. The highest BCUT2D eigenvalue weighted by atomic mass is 16.6. The third kappa shape index (κ3) is 1.87. The molecule has 2 heterocycles. The molecule has 2 aromatic rings. The van der Waals surface area contributed by atoms with Gasteiger partial charge in [-0.25, -0.2) is 4.79 Å². The maximum atomic E-state index is 12.2. The molecule has 1 N–H and O–H groups in total. The minimum absolute atomic E-state index is 0.0493. The Morgan fingerprint density at radius 1 is 1.37 bits per heavy atom. The molecule has 19 heavy (non-hydrogen) atoms. The van der Waals surface area contributed by atoms with E-state index in [1.807, 2.05) is 24.3 Å². The Balaban J connectivity index is 2.01. The Hall–Kier alpha value is -2.30. The molecule has 0 unspecified atom stereocenters. The van der Waals surface area contributed by atoms with Crippen molar-refractivity contribution in [2.24, 2.45) is 0 Å². The van der Waals surface area contributed by atoms with E-state index in [0.29, 0.717) is 18.7 Å². The average molecular weight is 258 g/mol. The molecule has 3 rings (SSSR count). The van der Waals surface area contributed by atoms with Gasteiger partial charge in [0.1, 0.15) is 0 Å². The molecule has 1 amide bonds. The minimum Gasteiger partial charge on any atom is -0.450 e. The molecule has 0 atom stereocenters. The Kier molecular flexibility index (Phi) is 2.74. The maximum Gasteiger partial charge on any atom is 0.410 e. The summed E-state index contributed by atoms with van der Waals surface area (Å²) in [6, 6.07) is 7.66. The number of rotatable bonds is 1. The van der Waals surface area contributed by atoms with E-state index in [9.17, 15) is 9.59 Å². The van der Waals surface area contributed by atoms with Crippen LogP contribution < -0.4 is 0 Å². The molecule has 1 aliphatic heterocycles. The van der Waals surface area contributed by atoms with E-state index in [2.05, 4.69) is 4.98 Å². The second-order valence-corrected chi connectivity index (χ2v) is 4.50. The lowest BCUT2D eigenvalue weighted by Crippen LogP contribution is -2.39. The average Bonchev–Trinajstić information content (AvgIpc) is 2.77. The fraction of sp³-hybridized carbons (Fsp3) is 0.286. The molecular weight excluding hydrogens is 244 g/mol. The van der Waals surface area contributed by atoms with Gasteiger partial charge in [0.15, 0.2) is 5.78 Å². The van der Waals surface area contributed by atoms with E-state index < -0.39 is 6.09 Å². The molecular formula is C14H14N2O3. The highest BCUT2D eigenvalue weighted by molar-refractivity contribution is 6.11. The first-order valence-corrected chi connectivity index (χ1v) is 6.25. The van der Waals surface area contributed by atoms with Gasteiger partial charge in [0.25, 0.3) is 0 Å². The molecule has 0 radical (unpaired) electrons. The van der Waals surface area contributed by atoms with Crippen LogP contribution in [0.15, 0.2) is 24.3 Å². The van der Waals surface area contributed by atoms with Crippen molar-refractivity contribution in [3.8, 4) is 0 Å². The van der Waals surface area contributed by atoms with Crippen LogP contribution in [0.5, 0.6) is 0 Å². The number of carbonyl (C=O) groups is 2. The molecule has 0 fully saturated rings. The molecule has 0 saturated carbocycles. The molecule has 0 aliphatic carbocycles. The summed E-state index contributed by atoms with van der Waals surface area (Å²) in [6.07, 6.45) is -0.444. The topological polar surface area (TPSA) is 62.4 Å². The summed E-state index contributed by atoms with van der Waals surface area (Å²) in [5.74, 6) is -0.0493. The van der Waals surface area contributed by atoms with Crippen molar-refractivity contribution >= 4 is 22.8 Å². The standard InChI is InChI=1S/C14H14N2O3/c1-2-19-14(18)16-7-11-13(12(17)8-16)9-5-3-4-6-10(9)15-11/h3-6,15H,2,7-8H2,1H3. The quantitative estimate of drug-likeness (QED) is 0.853. The first-order valence-electron chi connectivity index (χ1n) is 6.25. The lowest BCUT2D eigenvalue weighted by atomic mass is 10.0. The van der Waals surface area contributed by atoms with Crippen LogP contribution in [-0.2, 0) is 11.3 Å². The highest BCUT2D eigenvalue weighted by Gasteiger charge is 2.30. The van der Waals surface area contributed by atoms with Crippen LogP contribution in [0.4, 0.5) is 4.79 Å². The van der Waals surface area contributed by atoms with Gasteiger partial charge in [-0.1, -0.05) is 18.2 Å². The number of para-hydroxylation sites is 1. The van der Waals surface area contributed by atoms with Gasteiger partial charge in [0.2, 0.25) is 0 Å². The van der Waals surface area contributed by atoms with E-state index in [4.69, 9.17) is 4.74 Å². The Morgan fingerprint density at radius 2 is 2.16 bits per heavy atom. The van der Waals surface area contributed by atoms with E-state index >= 15 is 0 Å². The molecule has 0 saturated heterocycles. The van der Waals surface area contributed by atoms with Gasteiger partial charge >= 0.3 is 6.09 Å². The number of nitrogens with one attached hydrogen (secondary N) is 1. The summed E-state index contributed by atoms with van der Waals surface area (Å²) in [7, 11) is 0. The van der Waals surface area contributed by atoms with Crippen LogP contribution >= 0.6 is 0 Å². The number of Topliss-reactive ketones (excluding diaryl/α,β-unsaturated/α-hetero) is 1. The predicted octanol–water partition coefficient (Wildman–Crippen LogP) is 2.32. The van der Waals surface area contributed by atoms with Crippen LogP contribution in [-0.4, -0.2) is 34.9 Å². The van der Waals surface area contributed by atoms with Gasteiger partial charge in [-0.15, -0.1) is 0 Å². The third-order valence-electron chi connectivity index (χ3n) is 3.27. The Morgan fingerprint density at radius 3 is 2.95 bits per heavy atom. The van der Waals surface area contributed by atoms with Gasteiger partial charge in [-0.05, 0) is 13.0 Å². The molecule has 98 valence electrons. The van der Waals surface area contributed by atoms with Gasteiger partial charge in [0.05, 0.1) is 19.7 Å². The number of benzene rings is 1. The number of carbonyl (C=O) groups excluding carboxylic acids is 2. The number of amides is 1. The summed E-state index contributed by atoms with van der Waals surface area (Å²) >= 11 is 0. The van der Waals surface area contributed by atoms with Crippen LogP contribution in [0.25, 0.3) is 10.9 Å². The zero-order valence-electron chi connectivity index (χ0n) is 10.6. The van der Waals surface area contributed by atoms with E-state index in [0.717, 1.165) is 16.6 Å². The number of fused-ring (bicyclic) bond motifs is 3. The summed E-state index contributed by atoms with van der Waals surface area (Å²) in [5, 5.41) is 0.922. The van der Waals surface area contributed by atoms with Crippen molar-refractivity contribution in [2.45, 2.75) is 13.5 Å². The van der Waals surface area contributed by atoms with Crippen LogP contribution in [0.1, 0.15) is 23.0 Å². The van der Waals surface area contributed by atoms with Crippen LogP contribution in [0.3, 0.4) is 0 Å². The first-order chi connectivity index (χ1) is 9.20. The number of aromatic nitrogens is 1. The number of nitrogens with zero attached hydrogens (tertiary/aromatic N) is 1. The van der Waals surface area contributed by atoms with Crippen molar-refractivity contribution in [1.29, 1.82) is 0 Å². The van der Waals surface area contributed by atoms with Crippen molar-refractivity contribution in [3.63, 3.8) is 0 Å². The second-order valence-electron chi connectivity index (χ2n) is 4.50. The number of hydrogen-bond acceptors (Lipinski definition) is 3. The zero-order chi connectivity index (χ0) is 13.4. The monoisotopic (exact) mass is 258 g/mol. The largest absolute Gasteiger partial charge is 0.450 e. The third-order valence-corrected chi connectivity index (χ3v) is 3.27. The minimum atomic E-state index is -0.444. The summed E-state index contributed by atoms with van der Waals surface area (Å²) in [4.78, 5) is 28.5. The maximum absolute atomic E-state index is 12.2. The molecule has 0 spiro atoms. The summed E-state index contributed by atoms with van der Waals surface area (Å²) < 4.78 is 4.94. The van der Waals surface area contributed by atoms with Crippen molar-refractivity contribution < 1.29 is 14.3 Å². The number of ketones is 1. The molecule has 5 heteroatoms. The van der Waals surface area contributed by atoms with E-state index in [-0.39, 0.29) is 12.3 Å². The first kappa shape index (κ1) is 11.8. The normalized spacial score (nSPS) is 14.6. The van der Waals surface area contributed by atoms with Gasteiger partial charge < -0.3 is 9.72 Å². The number of H-pyrrole nitrogens is 1. The summed E-state index contributed by atoms with van der Waals surface area (Å²) in [6.45, 7) is 2.52. The smallest absolute Gasteiger partial charge is 0.410 e. The highest BCUT2D eigenvalue weighted by Crippen LogP contribution is 2.27. The molecule has 5 nitrogen and oxygen atoms in total. The number of ether oxygens (including phenoxy) is 1. The molecule has 0 bridgehead atoms. The fourth-order valence-electron chi connectivity index (χ4n) is 2.48. The lowest BCUT2D eigenvalue weighted by Gasteiger charge is -2.25. The predicted molar refractivity (Wildman–Crippen MR) is 70.1 cm³/mol. The molecule has 1 aromatic heterocycles. The lowest BCUT2D eigenvalue weighted by molar-refractivity contribution is 0.0797. The van der Waals surface area contributed by atoms with Crippen molar-refractivity contribution in [1.82, 2.24) is 9.88 Å². The number of aromatic amines is 1. The van der Waals surface area contributed by atoms with Crippen molar-refractivity contribution in [3.05, 3.63) is 35.5 Å². The van der Waals surface area contributed by atoms with Crippen molar-refractivity contribution in [2.75, 3.05) is 13.2 Å². The fourth-order valence-corrected chi connectivity index (χ4v) is 2.48. The van der Waals surface area contributed by atoms with E-state index in [1.54, 1.807) is 6.92 Å². The Labute approximate surface area is 110 Å². The Bertz CT molecular complexity index is 660. The van der Waals surface area contributed by atoms with Gasteiger partial charge in [-0.3, -0.25) is 9.69 Å². The van der Waals surface area contributed by atoms with Gasteiger partial charge in [-0.2, -0.15) is 0 Å². The molecule has 1 aromatic carbocycles. The zero-order valence-corrected chi connectivity index (χ0v) is 10.6. The van der Waals surface area contributed by atoms with Crippen LogP contribution in [0.2, 0.25) is 0 Å². The molecule has 1 aliphatic rings.